The zero-order valence-electron chi connectivity index (χ0n) is 10.5. The summed E-state index contributed by atoms with van der Waals surface area (Å²) in [7, 11) is 0. The molecule has 1 aliphatic rings. The molecular weight excluding hydrogens is 238 g/mol. The molecule has 0 aromatic heterocycles. The lowest BCUT2D eigenvalue weighted by molar-refractivity contribution is -0.137. The van der Waals surface area contributed by atoms with Gasteiger partial charge in [-0.15, -0.1) is 0 Å². The molecule has 0 bridgehead atoms. The minimum Gasteiger partial charge on any atom is -0.480 e. The summed E-state index contributed by atoms with van der Waals surface area (Å²) in [4.78, 5) is 36.9. The highest BCUT2D eigenvalue weighted by molar-refractivity contribution is 5.86. The molecule has 0 radical (unpaired) electrons. The predicted octanol–water partition coefficient (Wildman–Crippen LogP) is -0.275. The van der Waals surface area contributed by atoms with Crippen LogP contribution in [-0.2, 0) is 9.59 Å². The smallest absolute Gasteiger partial charge is 0.323 e. The van der Waals surface area contributed by atoms with Gasteiger partial charge in [0.05, 0.1) is 0 Å². The van der Waals surface area contributed by atoms with E-state index in [1.54, 1.807) is 0 Å². The number of nitrogens with one attached hydrogen (secondary N) is 1. The van der Waals surface area contributed by atoms with Crippen molar-refractivity contribution >= 4 is 17.9 Å². The van der Waals surface area contributed by atoms with E-state index in [0.29, 0.717) is 32.5 Å². The summed E-state index contributed by atoms with van der Waals surface area (Å²) in [5.74, 6) is -1.25. The van der Waals surface area contributed by atoms with Crippen LogP contribution in [0.5, 0.6) is 0 Å². The van der Waals surface area contributed by atoms with Crippen molar-refractivity contribution in [2.24, 2.45) is 0 Å². The molecule has 1 heterocycles. The number of carboxylic acid groups (broad SMARTS) is 1. The molecule has 1 fully saturated rings. The van der Waals surface area contributed by atoms with Crippen LogP contribution in [-0.4, -0.2) is 65.5 Å². The van der Waals surface area contributed by atoms with Crippen molar-refractivity contribution < 1.29 is 19.5 Å². The van der Waals surface area contributed by atoms with Crippen LogP contribution in [0.25, 0.3) is 0 Å². The Labute approximate surface area is 106 Å². The van der Waals surface area contributed by atoms with Crippen LogP contribution in [0.2, 0.25) is 0 Å². The van der Waals surface area contributed by atoms with Gasteiger partial charge in [0.1, 0.15) is 13.1 Å². The van der Waals surface area contributed by atoms with Crippen molar-refractivity contribution in [3.8, 4) is 0 Å². The molecule has 2 N–H and O–H groups in total. The highest BCUT2D eigenvalue weighted by Gasteiger charge is 2.25. The molecule has 102 valence electrons. The standard InChI is InChI=1S/C11H19N3O4/c1-2-5-13(8-10(16)17)11(18)14-6-3-4-12-9(15)7-14/h2-8H2,1H3,(H,12,15)(H,16,17). The number of hydrogen-bond donors (Lipinski definition) is 2. The fraction of sp³-hybridized carbons (Fsp3) is 0.727. The lowest BCUT2D eigenvalue weighted by Gasteiger charge is -2.27. The summed E-state index contributed by atoms with van der Waals surface area (Å²) in [6.45, 7) is 2.94. The zero-order chi connectivity index (χ0) is 13.5. The van der Waals surface area contributed by atoms with E-state index in [2.05, 4.69) is 5.32 Å². The second-order valence-electron chi connectivity index (χ2n) is 4.22. The van der Waals surface area contributed by atoms with Crippen LogP contribution in [0.4, 0.5) is 4.79 Å². The maximum atomic E-state index is 12.1. The van der Waals surface area contributed by atoms with E-state index in [-0.39, 0.29) is 25.0 Å². The van der Waals surface area contributed by atoms with Gasteiger partial charge in [-0.05, 0) is 12.8 Å². The molecule has 1 aliphatic heterocycles. The van der Waals surface area contributed by atoms with Crippen LogP contribution >= 0.6 is 0 Å². The summed E-state index contributed by atoms with van der Waals surface area (Å²) in [5.41, 5.74) is 0. The highest BCUT2D eigenvalue weighted by atomic mass is 16.4. The van der Waals surface area contributed by atoms with Gasteiger partial charge in [-0.2, -0.15) is 0 Å². The molecule has 0 unspecified atom stereocenters. The Balaban J connectivity index is 2.67. The van der Waals surface area contributed by atoms with Gasteiger partial charge in [-0.1, -0.05) is 6.92 Å². The maximum absolute atomic E-state index is 12.1. The fourth-order valence-electron chi connectivity index (χ4n) is 1.84. The number of carbonyl (C=O) groups excluding carboxylic acids is 2. The number of urea groups is 1. The van der Waals surface area contributed by atoms with Crippen LogP contribution in [0.1, 0.15) is 19.8 Å². The normalized spacial score (nSPS) is 15.8. The molecular formula is C11H19N3O4. The Morgan fingerprint density at radius 3 is 2.83 bits per heavy atom. The van der Waals surface area contributed by atoms with Crippen LogP contribution in [0.3, 0.4) is 0 Å². The van der Waals surface area contributed by atoms with Crippen molar-refractivity contribution in [1.82, 2.24) is 15.1 Å². The van der Waals surface area contributed by atoms with Gasteiger partial charge < -0.3 is 20.2 Å². The second kappa shape index (κ2) is 6.83. The summed E-state index contributed by atoms with van der Waals surface area (Å²) >= 11 is 0. The van der Waals surface area contributed by atoms with E-state index >= 15 is 0 Å². The third-order valence-corrected chi connectivity index (χ3v) is 2.62. The highest BCUT2D eigenvalue weighted by Crippen LogP contribution is 2.04. The number of nitrogens with zero attached hydrogens (tertiary/aromatic N) is 2. The molecule has 7 heteroatoms. The second-order valence-corrected chi connectivity index (χ2v) is 4.22. The first kappa shape index (κ1) is 14.3. The van der Waals surface area contributed by atoms with Crippen LogP contribution in [0, 0.1) is 0 Å². The van der Waals surface area contributed by atoms with Crippen LogP contribution < -0.4 is 5.32 Å². The molecule has 18 heavy (non-hydrogen) atoms. The quantitative estimate of drug-likeness (QED) is 0.725. The molecule has 0 aromatic rings. The Bertz CT molecular complexity index is 328. The van der Waals surface area contributed by atoms with E-state index < -0.39 is 5.97 Å². The molecule has 1 rings (SSSR count). The SMILES string of the molecule is CCCN(CC(=O)O)C(=O)N1CCCNC(=O)C1. The molecule has 3 amide bonds. The van der Waals surface area contributed by atoms with E-state index in [9.17, 15) is 14.4 Å². The lowest BCUT2D eigenvalue weighted by Crippen LogP contribution is -2.47. The Morgan fingerprint density at radius 2 is 2.22 bits per heavy atom. The molecule has 0 aromatic carbocycles. The van der Waals surface area contributed by atoms with Crippen molar-refractivity contribution in [3.05, 3.63) is 0 Å². The lowest BCUT2D eigenvalue weighted by atomic mass is 10.3. The minimum absolute atomic E-state index is 0.00132. The van der Waals surface area contributed by atoms with Gasteiger partial charge in [-0.3, -0.25) is 9.59 Å². The summed E-state index contributed by atoms with van der Waals surface area (Å²) in [5, 5.41) is 11.4. The molecule has 0 atom stereocenters. The number of carboxylic acids is 1. The molecule has 7 nitrogen and oxygen atoms in total. The van der Waals surface area contributed by atoms with Gasteiger partial charge in [0.2, 0.25) is 5.91 Å². The first-order chi connectivity index (χ1) is 8.54. The van der Waals surface area contributed by atoms with Crippen molar-refractivity contribution in [2.45, 2.75) is 19.8 Å². The largest absolute Gasteiger partial charge is 0.480 e. The summed E-state index contributed by atoms with van der Waals surface area (Å²) in [6, 6.07) is -0.378. The van der Waals surface area contributed by atoms with Gasteiger partial charge in [0.25, 0.3) is 0 Å². The third kappa shape index (κ3) is 4.23. The third-order valence-electron chi connectivity index (χ3n) is 2.62. The number of amides is 3. The van der Waals surface area contributed by atoms with Crippen molar-refractivity contribution in [1.29, 1.82) is 0 Å². The average molecular weight is 257 g/mol. The van der Waals surface area contributed by atoms with E-state index in [1.807, 2.05) is 6.92 Å². The monoisotopic (exact) mass is 257 g/mol. The van der Waals surface area contributed by atoms with Crippen molar-refractivity contribution in [2.75, 3.05) is 32.7 Å². The fourth-order valence-corrected chi connectivity index (χ4v) is 1.84. The first-order valence-corrected chi connectivity index (χ1v) is 6.07. The molecule has 1 saturated heterocycles. The molecule has 0 spiro atoms. The predicted molar refractivity (Wildman–Crippen MR) is 64.1 cm³/mol. The van der Waals surface area contributed by atoms with Gasteiger partial charge >= 0.3 is 12.0 Å². The Hall–Kier alpha value is -1.79. The van der Waals surface area contributed by atoms with Crippen molar-refractivity contribution in [3.63, 3.8) is 0 Å². The maximum Gasteiger partial charge on any atom is 0.323 e. The molecule has 0 aliphatic carbocycles. The van der Waals surface area contributed by atoms with E-state index in [1.165, 1.54) is 9.80 Å². The number of hydrogen-bond acceptors (Lipinski definition) is 3. The topological polar surface area (TPSA) is 90.0 Å². The minimum atomic E-state index is -1.05. The van der Waals surface area contributed by atoms with E-state index in [4.69, 9.17) is 5.11 Å². The molecule has 0 saturated carbocycles. The average Bonchev–Trinajstić information content (AvgIpc) is 2.52. The van der Waals surface area contributed by atoms with Gasteiger partial charge in [-0.25, -0.2) is 4.79 Å². The Kier molecular flexibility index (Phi) is 5.41. The zero-order valence-corrected chi connectivity index (χ0v) is 10.5. The van der Waals surface area contributed by atoms with Crippen LogP contribution in [0.15, 0.2) is 0 Å². The number of aliphatic carboxylic acids is 1. The number of rotatable bonds is 4. The Morgan fingerprint density at radius 1 is 1.50 bits per heavy atom. The van der Waals surface area contributed by atoms with E-state index in [0.717, 1.165) is 0 Å². The first-order valence-electron chi connectivity index (χ1n) is 6.07. The van der Waals surface area contributed by atoms with Gasteiger partial charge in [0.15, 0.2) is 0 Å². The summed E-state index contributed by atoms with van der Waals surface area (Å²) in [6.07, 6.45) is 1.36. The van der Waals surface area contributed by atoms with Gasteiger partial charge in [0, 0.05) is 19.6 Å². The number of carbonyl (C=O) groups is 3. The summed E-state index contributed by atoms with van der Waals surface area (Å²) < 4.78 is 0.